The number of rotatable bonds is 12. The number of hydrogen-bond donors (Lipinski definition) is 0. The molecule has 98 valence electrons. The molecule has 0 atom stereocenters. The van der Waals surface area contributed by atoms with Gasteiger partial charge in [-0.3, -0.25) is 0 Å². The summed E-state index contributed by atoms with van der Waals surface area (Å²) in [6.07, 6.45) is 17.4. The van der Waals surface area contributed by atoms with E-state index in [2.05, 4.69) is 25.7 Å². The van der Waals surface area contributed by atoms with Crippen molar-refractivity contribution in [1.29, 1.82) is 0 Å². The summed E-state index contributed by atoms with van der Waals surface area (Å²) < 4.78 is 0. The fraction of sp³-hybridized carbons (Fsp3) is 0.765. The van der Waals surface area contributed by atoms with Crippen LogP contribution in [0.3, 0.4) is 0 Å². The van der Waals surface area contributed by atoms with Crippen molar-refractivity contribution in [3.63, 3.8) is 0 Å². The standard InChI is InChI=1S/C17H30/c1-3-5-7-9-11-13-15-17-16-14-12-10-8-6-4-2/h1-3,5,7-17H2. The van der Waals surface area contributed by atoms with Crippen LogP contribution in [0, 0.1) is 25.7 Å². The molecular weight excluding hydrogens is 204 g/mol. The summed E-state index contributed by atoms with van der Waals surface area (Å²) in [4.78, 5) is 0. The first kappa shape index (κ1) is 16.6. The SMILES string of the molecule is [CH2]C#CCCCCCCCCCCCCC[CH2]. The molecule has 0 aromatic rings. The highest BCUT2D eigenvalue weighted by Gasteiger charge is 1.92. The second-order valence-corrected chi connectivity index (χ2v) is 4.85. The fourth-order valence-corrected chi connectivity index (χ4v) is 2.07. The average Bonchev–Trinajstić information content (AvgIpc) is 2.35. The van der Waals surface area contributed by atoms with Crippen LogP contribution < -0.4 is 0 Å². The van der Waals surface area contributed by atoms with E-state index in [1.807, 2.05) is 0 Å². The molecule has 0 unspecified atom stereocenters. The molecule has 0 aliphatic rings. The quantitative estimate of drug-likeness (QED) is 0.299. The lowest BCUT2D eigenvalue weighted by Gasteiger charge is -2.01. The highest BCUT2D eigenvalue weighted by molar-refractivity contribution is 5.00. The van der Waals surface area contributed by atoms with Crippen LogP contribution in [0.1, 0.15) is 83.5 Å². The molecule has 0 aliphatic carbocycles. The van der Waals surface area contributed by atoms with E-state index in [0.29, 0.717) is 0 Å². The second-order valence-electron chi connectivity index (χ2n) is 4.85. The Morgan fingerprint density at radius 2 is 1.00 bits per heavy atom. The molecule has 0 N–H and O–H groups in total. The van der Waals surface area contributed by atoms with E-state index in [1.54, 1.807) is 0 Å². The zero-order valence-electron chi connectivity index (χ0n) is 11.6. The fourth-order valence-electron chi connectivity index (χ4n) is 2.07. The zero-order chi connectivity index (χ0) is 12.6. The maximum Gasteiger partial charge on any atom is 0.0198 e. The van der Waals surface area contributed by atoms with Gasteiger partial charge in [-0.1, -0.05) is 77.6 Å². The van der Waals surface area contributed by atoms with Crippen molar-refractivity contribution >= 4 is 0 Å². The van der Waals surface area contributed by atoms with Crippen molar-refractivity contribution in [2.75, 3.05) is 0 Å². The molecule has 2 radical (unpaired) electrons. The lowest BCUT2D eigenvalue weighted by atomic mass is 10.0. The Kier molecular flexibility index (Phi) is 15.2. The summed E-state index contributed by atoms with van der Waals surface area (Å²) in [7, 11) is 0. The van der Waals surface area contributed by atoms with E-state index < -0.39 is 0 Å². The molecule has 0 nitrogen and oxygen atoms in total. The average molecular weight is 234 g/mol. The van der Waals surface area contributed by atoms with E-state index in [1.165, 1.54) is 70.6 Å². The van der Waals surface area contributed by atoms with Gasteiger partial charge in [-0.25, -0.2) is 0 Å². The minimum Gasteiger partial charge on any atom is -0.103 e. The molecule has 0 spiro atoms. The molecule has 17 heavy (non-hydrogen) atoms. The Morgan fingerprint density at radius 1 is 0.588 bits per heavy atom. The van der Waals surface area contributed by atoms with Crippen LogP contribution in [0.25, 0.3) is 0 Å². The van der Waals surface area contributed by atoms with Crippen molar-refractivity contribution in [2.45, 2.75) is 83.5 Å². The van der Waals surface area contributed by atoms with Gasteiger partial charge in [-0.15, -0.1) is 11.8 Å². The van der Waals surface area contributed by atoms with Gasteiger partial charge >= 0.3 is 0 Å². The van der Waals surface area contributed by atoms with Crippen molar-refractivity contribution in [2.24, 2.45) is 0 Å². The van der Waals surface area contributed by atoms with Gasteiger partial charge in [0.05, 0.1) is 0 Å². The smallest absolute Gasteiger partial charge is 0.0198 e. The highest BCUT2D eigenvalue weighted by atomic mass is 14.0. The molecule has 0 rings (SSSR count). The summed E-state index contributed by atoms with van der Waals surface area (Å²) in [5, 5.41) is 0. The van der Waals surface area contributed by atoms with E-state index in [-0.39, 0.29) is 0 Å². The van der Waals surface area contributed by atoms with Gasteiger partial charge in [0, 0.05) is 13.3 Å². The van der Waals surface area contributed by atoms with E-state index in [4.69, 9.17) is 0 Å². The van der Waals surface area contributed by atoms with E-state index in [0.717, 1.165) is 12.8 Å². The molecule has 0 bridgehead atoms. The molecule has 0 heteroatoms. The first-order valence-corrected chi connectivity index (χ1v) is 7.46. The highest BCUT2D eigenvalue weighted by Crippen LogP contribution is 2.12. The maximum absolute atomic E-state index is 3.87. The molecule has 0 heterocycles. The third kappa shape index (κ3) is 15.6. The molecule has 0 amide bonds. The van der Waals surface area contributed by atoms with Crippen LogP contribution >= 0.6 is 0 Å². The van der Waals surface area contributed by atoms with E-state index >= 15 is 0 Å². The summed E-state index contributed by atoms with van der Waals surface area (Å²) in [6.45, 7) is 7.38. The number of hydrogen-bond acceptors (Lipinski definition) is 0. The Balaban J connectivity index is 2.91. The summed E-state index contributed by atoms with van der Waals surface area (Å²) in [5.74, 6) is 5.72. The van der Waals surface area contributed by atoms with Gasteiger partial charge in [-0.2, -0.15) is 0 Å². The van der Waals surface area contributed by atoms with Crippen LogP contribution in [-0.4, -0.2) is 0 Å². The third-order valence-corrected chi connectivity index (χ3v) is 3.18. The molecule has 0 aliphatic heterocycles. The molecule has 0 saturated heterocycles. The monoisotopic (exact) mass is 234 g/mol. The molecule has 0 aromatic carbocycles. The molecule has 0 fully saturated rings. The van der Waals surface area contributed by atoms with Crippen LogP contribution in [0.5, 0.6) is 0 Å². The molecule has 0 saturated carbocycles. The first-order chi connectivity index (χ1) is 8.41. The van der Waals surface area contributed by atoms with Crippen molar-refractivity contribution in [1.82, 2.24) is 0 Å². The second kappa shape index (κ2) is 15.6. The number of unbranched alkanes of at least 4 members (excludes halogenated alkanes) is 12. The topological polar surface area (TPSA) is 0 Å². The Bertz CT molecular complexity index is 182. The Hall–Kier alpha value is -0.440. The van der Waals surface area contributed by atoms with Crippen LogP contribution in [-0.2, 0) is 0 Å². The van der Waals surface area contributed by atoms with Gasteiger partial charge in [0.1, 0.15) is 0 Å². The third-order valence-electron chi connectivity index (χ3n) is 3.18. The van der Waals surface area contributed by atoms with Crippen molar-refractivity contribution in [3.05, 3.63) is 13.8 Å². The predicted octanol–water partition coefficient (Wildman–Crippen LogP) is 5.73. The Labute approximate surface area is 110 Å². The van der Waals surface area contributed by atoms with Gasteiger partial charge in [0.15, 0.2) is 0 Å². The van der Waals surface area contributed by atoms with Crippen molar-refractivity contribution in [3.8, 4) is 11.8 Å². The van der Waals surface area contributed by atoms with Crippen LogP contribution in [0.4, 0.5) is 0 Å². The van der Waals surface area contributed by atoms with Gasteiger partial charge in [-0.05, 0) is 6.42 Å². The lowest BCUT2D eigenvalue weighted by molar-refractivity contribution is 0.548. The predicted molar refractivity (Wildman–Crippen MR) is 78.5 cm³/mol. The maximum atomic E-state index is 3.87. The van der Waals surface area contributed by atoms with Gasteiger partial charge < -0.3 is 0 Å². The van der Waals surface area contributed by atoms with Crippen molar-refractivity contribution < 1.29 is 0 Å². The summed E-state index contributed by atoms with van der Waals surface area (Å²) >= 11 is 0. The minimum absolute atomic E-state index is 1.04. The van der Waals surface area contributed by atoms with E-state index in [9.17, 15) is 0 Å². The lowest BCUT2D eigenvalue weighted by Crippen LogP contribution is -1.82. The summed E-state index contributed by atoms with van der Waals surface area (Å²) in [6, 6.07) is 0. The van der Waals surface area contributed by atoms with Gasteiger partial charge in [0.2, 0.25) is 0 Å². The normalized spacial score (nSPS) is 10.0. The van der Waals surface area contributed by atoms with Gasteiger partial charge in [0.25, 0.3) is 0 Å². The Morgan fingerprint density at radius 3 is 1.41 bits per heavy atom. The minimum atomic E-state index is 1.04. The largest absolute Gasteiger partial charge is 0.103 e. The zero-order valence-corrected chi connectivity index (χ0v) is 11.6. The van der Waals surface area contributed by atoms with Crippen LogP contribution in [0.15, 0.2) is 0 Å². The first-order valence-electron chi connectivity index (χ1n) is 7.46. The molecular formula is C17H30. The van der Waals surface area contributed by atoms with Crippen LogP contribution in [0.2, 0.25) is 0 Å². The summed E-state index contributed by atoms with van der Waals surface area (Å²) in [5.41, 5.74) is 0. The molecule has 0 aromatic heterocycles.